The molecular weight excluding hydrogens is 352 g/mol. The molecule has 0 bridgehead atoms. The molecular formula is C23H22N2O3. The zero-order chi connectivity index (χ0) is 19.6. The van der Waals surface area contributed by atoms with Crippen LogP contribution in [0.25, 0.3) is 0 Å². The van der Waals surface area contributed by atoms with Crippen molar-refractivity contribution in [2.75, 3.05) is 6.61 Å². The van der Waals surface area contributed by atoms with E-state index in [0.717, 1.165) is 16.7 Å². The Kier molecular flexibility index (Phi) is 6.79. The second kappa shape index (κ2) is 9.92. The van der Waals surface area contributed by atoms with E-state index < -0.39 is 0 Å². The van der Waals surface area contributed by atoms with Crippen LogP contribution < -0.4 is 14.9 Å². The van der Waals surface area contributed by atoms with Gasteiger partial charge in [-0.3, -0.25) is 4.79 Å². The summed E-state index contributed by atoms with van der Waals surface area (Å²) in [5.74, 6) is 1.00. The molecule has 3 aromatic carbocycles. The molecule has 5 heteroatoms. The van der Waals surface area contributed by atoms with E-state index in [4.69, 9.17) is 9.47 Å². The quantitative estimate of drug-likeness (QED) is 0.477. The van der Waals surface area contributed by atoms with Crippen LogP contribution in [0.5, 0.6) is 11.5 Å². The molecule has 0 unspecified atom stereocenters. The van der Waals surface area contributed by atoms with Crippen LogP contribution in [0.15, 0.2) is 84.0 Å². The molecule has 0 atom stereocenters. The van der Waals surface area contributed by atoms with Crippen LogP contribution in [0.1, 0.15) is 16.7 Å². The van der Waals surface area contributed by atoms with Crippen LogP contribution in [-0.4, -0.2) is 18.7 Å². The highest BCUT2D eigenvalue weighted by molar-refractivity contribution is 5.85. The highest BCUT2D eigenvalue weighted by Gasteiger charge is 2.03. The van der Waals surface area contributed by atoms with Crippen LogP contribution in [0.4, 0.5) is 0 Å². The van der Waals surface area contributed by atoms with Crippen molar-refractivity contribution in [1.82, 2.24) is 5.43 Å². The fourth-order valence-electron chi connectivity index (χ4n) is 2.44. The van der Waals surface area contributed by atoms with Crippen molar-refractivity contribution < 1.29 is 14.3 Å². The number of para-hydroxylation sites is 1. The van der Waals surface area contributed by atoms with E-state index in [1.54, 1.807) is 6.21 Å². The van der Waals surface area contributed by atoms with Gasteiger partial charge in [0, 0.05) is 5.56 Å². The Bertz CT molecular complexity index is 922. The monoisotopic (exact) mass is 374 g/mol. The molecule has 0 radical (unpaired) electrons. The van der Waals surface area contributed by atoms with Crippen molar-refractivity contribution in [2.24, 2.45) is 5.10 Å². The molecule has 142 valence electrons. The Hall–Kier alpha value is -3.60. The average Bonchev–Trinajstić information content (AvgIpc) is 2.73. The normalized spacial score (nSPS) is 10.6. The summed E-state index contributed by atoms with van der Waals surface area (Å²) in [6, 6.07) is 25.0. The van der Waals surface area contributed by atoms with Gasteiger partial charge in [0.1, 0.15) is 18.1 Å². The van der Waals surface area contributed by atoms with Gasteiger partial charge in [-0.25, -0.2) is 5.43 Å². The first-order valence-corrected chi connectivity index (χ1v) is 8.98. The van der Waals surface area contributed by atoms with Crippen molar-refractivity contribution in [3.05, 3.63) is 95.6 Å². The van der Waals surface area contributed by atoms with Gasteiger partial charge in [0.05, 0.1) is 6.21 Å². The predicted octanol–water partition coefficient (Wildman–Crippen LogP) is 4.10. The highest BCUT2D eigenvalue weighted by Crippen LogP contribution is 2.17. The largest absolute Gasteiger partial charge is 0.488 e. The maximum atomic E-state index is 11.9. The fourth-order valence-corrected chi connectivity index (χ4v) is 2.44. The van der Waals surface area contributed by atoms with Crippen LogP contribution in [0, 0.1) is 6.92 Å². The second-order valence-corrected chi connectivity index (χ2v) is 6.21. The van der Waals surface area contributed by atoms with Gasteiger partial charge < -0.3 is 9.47 Å². The van der Waals surface area contributed by atoms with Gasteiger partial charge in [-0.05, 0) is 36.8 Å². The van der Waals surface area contributed by atoms with Crippen molar-refractivity contribution in [2.45, 2.75) is 13.5 Å². The molecule has 0 heterocycles. The maximum absolute atomic E-state index is 11.9. The number of amides is 1. The molecule has 0 spiro atoms. The summed E-state index contributed by atoms with van der Waals surface area (Å²) in [5.41, 5.74) is 5.45. The first kappa shape index (κ1) is 19.2. The third-order valence-corrected chi connectivity index (χ3v) is 3.94. The van der Waals surface area contributed by atoms with Gasteiger partial charge in [0.25, 0.3) is 5.91 Å². The van der Waals surface area contributed by atoms with E-state index in [9.17, 15) is 4.79 Å². The number of rotatable bonds is 8. The molecule has 3 aromatic rings. The SMILES string of the molecule is Cc1ccc(OCC(=O)N/N=C/c2ccccc2OCc2ccccc2)cc1. The van der Waals surface area contributed by atoms with Crippen LogP contribution in [0.2, 0.25) is 0 Å². The first-order chi connectivity index (χ1) is 13.7. The standard InChI is InChI=1S/C23H22N2O3/c1-18-11-13-21(14-12-18)27-17-23(26)25-24-15-20-9-5-6-10-22(20)28-16-19-7-3-2-4-8-19/h2-15H,16-17H2,1H3,(H,25,26)/b24-15+. The molecule has 28 heavy (non-hydrogen) atoms. The van der Waals surface area contributed by atoms with Gasteiger partial charge in [0.15, 0.2) is 6.61 Å². The lowest BCUT2D eigenvalue weighted by Crippen LogP contribution is -2.24. The number of nitrogens with one attached hydrogen (secondary N) is 1. The Morgan fingerprint density at radius 1 is 0.929 bits per heavy atom. The molecule has 0 fully saturated rings. The lowest BCUT2D eigenvalue weighted by Gasteiger charge is -2.09. The minimum Gasteiger partial charge on any atom is -0.488 e. The summed E-state index contributed by atoms with van der Waals surface area (Å²) >= 11 is 0. The molecule has 0 aromatic heterocycles. The van der Waals surface area contributed by atoms with Gasteiger partial charge >= 0.3 is 0 Å². The Labute approximate surface area is 164 Å². The Balaban J connectivity index is 1.50. The summed E-state index contributed by atoms with van der Waals surface area (Å²) in [6.07, 6.45) is 1.56. The summed E-state index contributed by atoms with van der Waals surface area (Å²) in [5, 5.41) is 4.00. The van der Waals surface area contributed by atoms with Crippen molar-refractivity contribution >= 4 is 12.1 Å². The number of nitrogens with zero attached hydrogens (tertiary/aromatic N) is 1. The number of benzene rings is 3. The summed E-state index contributed by atoms with van der Waals surface area (Å²) in [4.78, 5) is 11.9. The number of carbonyl (C=O) groups excluding carboxylic acids is 1. The van der Waals surface area contributed by atoms with Gasteiger partial charge in [-0.15, -0.1) is 0 Å². The van der Waals surface area contributed by atoms with E-state index in [1.807, 2.05) is 85.8 Å². The third-order valence-electron chi connectivity index (χ3n) is 3.94. The fraction of sp³-hybridized carbons (Fsp3) is 0.130. The highest BCUT2D eigenvalue weighted by atomic mass is 16.5. The van der Waals surface area contributed by atoms with Crippen LogP contribution >= 0.6 is 0 Å². The maximum Gasteiger partial charge on any atom is 0.277 e. The molecule has 0 saturated carbocycles. The average molecular weight is 374 g/mol. The zero-order valence-electron chi connectivity index (χ0n) is 15.7. The van der Waals surface area contributed by atoms with E-state index in [2.05, 4.69) is 10.5 Å². The zero-order valence-corrected chi connectivity index (χ0v) is 15.7. The molecule has 1 N–H and O–H groups in total. The molecule has 5 nitrogen and oxygen atoms in total. The number of hydrogen-bond acceptors (Lipinski definition) is 4. The first-order valence-electron chi connectivity index (χ1n) is 8.98. The lowest BCUT2D eigenvalue weighted by atomic mass is 10.2. The Morgan fingerprint density at radius 3 is 2.43 bits per heavy atom. The predicted molar refractivity (Wildman–Crippen MR) is 110 cm³/mol. The van der Waals surface area contributed by atoms with E-state index in [0.29, 0.717) is 18.1 Å². The van der Waals surface area contributed by atoms with E-state index >= 15 is 0 Å². The van der Waals surface area contributed by atoms with Crippen molar-refractivity contribution in [3.8, 4) is 11.5 Å². The van der Waals surface area contributed by atoms with Gasteiger partial charge in [-0.2, -0.15) is 5.10 Å². The van der Waals surface area contributed by atoms with E-state index in [-0.39, 0.29) is 12.5 Å². The number of carbonyl (C=O) groups is 1. The molecule has 1 amide bonds. The molecule has 0 aliphatic carbocycles. The minimum atomic E-state index is -0.334. The summed E-state index contributed by atoms with van der Waals surface area (Å²) in [6.45, 7) is 2.35. The molecule has 0 saturated heterocycles. The van der Waals surface area contributed by atoms with Crippen LogP contribution in [-0.2, 0) is 11.4 Å². The number of hydrogen-bond donors (Lipinski definition) is 1. The topological polar surface area (TPSA) is 59.9 Å². The van der Waals surface area contributed by atoms with Crippen molar-refractivity contribution in [3.63, 3.8) is 0 Å². The lowest BCUT2D eigenvalue weighted by molar-refractivity contribution is -0.123. The number of aryl methyl sites for hydroxylation is 1. The van der Waals surface area contributed by atoms with Gasteiger partial charge in [-0.1, -0.05) is 60.2 Å². The third kappa shape index (κ3) is 5.99. The van der Waals surface area contributed by atoms with Crippen molar-refractivity contribution in [1.29, 1.82) is 0 Å². The molecule has 3 rings (SSSR count). The smallest absolute Gasteiger partial charge is 0.277 e. The molecule has 0 aliphatic heterocycles. The summed E-state index contributed by atoms with van der Waals surface area (Å²) in [7, 11) is 0. The van der Waals surface area contributed by atoms with Crippen LogP contribution in [0.3, 0.4) is 0 Å². The minimum absolute atomic E-state index is 0.105. The summed E-state index contributed by atoms with van der Waals surface area (Å²) < 4.78 is 11.3. The van der Waals surface area contributed by atoms with Gasteiger partial charge in [0.2, 0.25) is 0 Å². The van der Waals surface area contributed by atoms with E-state index in [1.165, 1.54) is 0 Å². The number of hydrazone groups is 1. The molecule has 0 aliphatic rings. The second-order valence-electron chi connectivity index (χ2n) is 6.21. The number of ether oxygens (including phenoxy) is 2. The Morgan fingerprint density at radius 2 is 1.64 bits per heavy atom.